The van der Waals surface area contributed by atoms with Gasteiger partial charge in [-0.3, -0.25) is 4.98 Å². The summed E-state index contributed by atoms with van der Waals surface area (Å²) >= 11 is 1.84. The lowest BCUT2D eigenvalue weighted by atomic mass is 9.92. The summed E-state index contributed by atoms with van der Waals surface area (Å²) in [7, 11) is 0. The molecule has 0 aliphatic rings. The summed E-state index contributed by atoms with van der Waals surface area (Å²) in [6.45, 7) is 0. The third-order valence-corrected chi connectivity index (χ3v) is 11.7. The number of aromatic nitrogens is 3. The second kappa shape index (κ2) is 13.3. The summed E-state index contributed by atoms with van der Waals surface area (Å²) in [6, 6.07) is 63.4. The molecule has 0 saturated heterocycles. The van der Waals surface area contributed by atoms with Gasteiger partial charge in [0.25, 0.3) is 0 Å². The molecule has 0 amide bonds. The number of hydrogen-bond donors (Lipinski definition) is 0. The topological polar surface area (TPSA) is 51.8 Å². The lowest BCUT2D eigenvalue weighted by Gasteiger charge is -2.13. The highest BCUT2D eigenvalue weighted by Gasteiger charge is 2.20. The summed E-state index contributed by atoms with van der Waals surface area (Å²) in [5.41, 5.74) is 12.8. The first kappa shape index (κ1) is 32.2. The van der Waals surface area contributed by atoms with Crippen molar-refractivity contribution in [2.24, 2.45) is 0 Å². The van der Waals surface area contributed by atoms with Crippen LogP contribution in [-0.4, -0.2) is 15.0 Å². The minimum Gasteiger partial charge on any atom is -0.455 e. The second-order valence-electron chi connectivity index (χ2n) is 13.9. The van der Waals surface area contributed by atoms with Gasteiger partial charge in [0.05, 0.1) is 17.1 Å². The van der Waals surface area contributed by atoms with Gasteiger partial charge in [-0.25, -0.2) is 9.97 Å². The molecule has 56 heavy (non-hydrogen) atoms. The van der Waals surface area contributed by atoms with E-state index in [4.69, 9.17) is 14.4 Å². The molecule has 11 aromatic rings. The lowest BCUT2D eigenvalue weighted by molar-refractivity contribution is 0.670. The van der Waals surface area contributed by atoms with Gasteiger partial charge in [-0.15, -0.1) is 11.3 Å². The van der Waals surface area contributed by atoms with Crippen LogP contribution in [0.5, 0.6) is 0 Å². The van der Waals surface area contributed by atoms with Crippen LogP contribution in [0.4, 0.5) is 0 Å². The van der Waals surface area contributed by atoms with E-state index < -0.39 is 0 Å². The van der Waals surface area contributed by atoms with Crippen molar-refractivity contribution in [3.05, 3.63) is 188 Å². The van der Waals surface area contributed by atoms with Gasteiger partial charge in [-0.05, 0) is 59.2 Å². The van der Waals surface area contributed by atoms with Crippen LogP contribution in [0.3, 0.4) is 0 Å². The van der Waals surface area contributed by atoms with Crippen LogP contribution < -0.4 is 0 Å². The van der Waals surface area contributed by atoms with Crippen molar-refractivity contribution in [1.82, 2.24) is 15.0 Å². The molecule has 0 N–H and O–H groups in total. The highest BCUT2D eigenvalue weighted by molar-refractivity contribution is 7.25. The molecule has 0 unspecified atom stereocenters. The molecule has 11 rings (SSSR count). The molecule has 0 spiro atoms. The minimum atomic E-state index is 0.672. The van der Waals surface area contributed by atoms with Crippen molar-refractivity contribution in [3.63, 3.8) is 0 Å². The van der Waals surface area contributed by atoms with Gasteiger partial charge in [-0.2, -0.15) is 0 Å². The Hall–Kier alpha value is -7.21. The number of benzene rings is 7. The maximum atomic E-state index is 6.75. The van der Waals surface area contributed by atoms with Crippen molar-refractivity contribution in [3.8, 4) is 67.4 Å². The van der Waals surface area contributed by atoms with E-state index in [0.29, 0.717) is 5.82 Å². The molecule has 5 heteroatoms. The zero-order chi connectivity index (χ0) is 37.0. The van der Waals surface area contributed by atoms with Crippen LogP contribution in [0.2, 0.25) is 0 Å². The van der Waals surface area contributed by atoms with Crippen LogP contribution in [0.25, 0.3) is 110 Å². The summed E-state index contributed by atoms with van der Waals surface area (Å²) in [6.07, 6.45) is 1.83. The maximum absolute atomic E-state index is 6.75. The molecule has 0 radical (unpaired) electrons. The summed E-state index contributed by atoms with van der Waals surface area (Å²) < 4.78 is 9.33. The van der Waals surface area contributed by atoms with Crippen LogP contribution in [-0.2, 0) is 0 Å². The number of fused-ring (bicyclic) bond motifs is 6. The van der Waals surface area contributed by atoms with E-state index in [1.807, 2.05) is 72.1 Å². The lowest BCUT2D eigenvalue weighted by Crippen LogP contribution is -1.97. The van der Waals surface area contributed by atoms with Gasteiger partial charge in [0.2, 0.25) is 0 Å². The van der Waals surface area contributed by atoms with Crippen molar-refractivity contribution in [2.75, 3.05) is 0 Å². The number of para-hydroxylation sites is 1. The minimum absolute atomic E-state index is 0.672. The summed E-state index contributed by atoms with van der Waals surface area (Å²) in [5, 5.41) is 4.82. The molecular weight excluding hydrogens is 703 g/mol. The Kier molecular flexibility index (Phi) is 7.64. The van der Waals surface area contributed by atoms with Gasteiger partial charge in [-0.1, -0.05) is 140 Å². The Bertz CT molecular complexity index is 3240. The number of rotatable bonds is 6. The quantitative estimate of drug-likeness (QED) is 0.171. The first-order valence-electron chi connectivity index (χ1n) is 18.7. The molecule has 0 atom stereocenters. The molecular formula is C51H31N3OS. The third-order valence-electron chi connectivity index (χ3n) is 10.6. The smallest absolute Gasteiger partial charge is 0.160 e. The molecule has 4 nitrogen and oxygen atoms in total. The van der Waals surface area contributed by atoms with Crippen LogP contribution in [0, 0.1) is 0 Å². The largest absolute Gasteiger partial charge is 0.455 e. The molecule has 0 aliphatic heterocycles. The number of pyridine rings is 1. The predicted octanol–water partition coefficient (Wildman–Crippen LogP) is 14.1. The number of nitrogens with zero attached hydrogens (tertiary/aromatic N) is 3. The Morgan fingerprint density at radius 1 is 0.393 bits per heavy atom. The number of hydrogen-bond acceptors (Lipinski definition) is 5. The fraction of sp³-hybridized carbons (Fsp3) is 0. The molecule has 0 bridgehead atoms. The summed E-state index contributed by atoms with van der Waals surface area (Å²) in [4.78, 5) is 14.9. The van der Waals surface area contributed by atoms with E-state index in [-0.39, 0.29) is 0 Å². The molecule has 0 aliphatic carbocycles. The van der Waals surface area contributed by atoms with E-state index in [1.54, 1.807) is 0 Å². The standard InChI is InChI=1S/C51H31N3OS/c1-2-13-34(14-3-1)51-53-43(31-44(54-51)37-16-5-4-15-36(37)42-20-10-11-30-52-42)33-26-24-32(25-27-33)35-28-29-39(49-40-17-6-8-21-45(40)55-50(35)49)38-19-12-23-47-48(38)41-18-7-9-22-46(41)56-47/h1-31H. The molecule has 262 valence electrons. The predicted molar refractivity (Wildman–Crippen MR) is 233 cm³/mol. The molecule has 4 heterocycles. The maximum Gasteiger partial charge on any atom is 0.160 e. The fourth-order valence-electron chi connectivity index (χ4n) is 8.00. The average molecular weight is 734 g/mol. The molecule has 0 fully saturated rings. The monoisotopic (exact) mass is 733 g/mol. The Morgan fingerprint density at radius 2 is 1.04 bits per heavy atom. The Labute approximate surface area is 327 Å². The molecule has 4 aromatic heterocycles. The normalized spacial score (nSPS) is 11.6. The number of furan rings is 1. The third kappa shape index (κ3) is 5.40. The molecule has 0 saturated carbocycles. The SMILES string of the molecule is c1ccc(-c2nc(-c3ccc(-c4ccc(-c5cccc6sc7ccccc7c56)c5c4oc4ccccc45)cc3)cc(-c3ccccc3-c3ccccn3)n2)cc1. The highest BCUT2D eigenvalue weighted by atomic mass is 32.1. The van der Waals surface area contributed by atoms with Crippen LogP contribution >= 0.6 is 11.3 Å². The Morgan fingerprint density at radius 3 is 1.88 bits per heavy atom. The van der Waals surface area contributed by atoms with Gasteiger partial charge < -0.3 is 4.42 Å². The summed E-state index contributed by atoms with van der Waals surface area (Å²) in [5.74, 6) is 0.672. The zero-order valence-electron chi connectivity index (χ0n) is 30.1. The first-order chi connectivity index (χ1) is 27.8. The van der Waals surface area contributed by atoms with Gasteiger partial charge in [0.15, 0.2) is 5.82 Å². The van der Waals surface area contributed by atoms with Crippen molar-refractivity contribution in [2.45, 2.75) is 0 Å². The van der Waals surface area contributed by atoms with E-state index >= 15 is 0 Å². The zero-order valence-corrected chi connectivity index (χ0v) is 30.9. The van der Waals surface area contributed by atoms with Gasteiger partial charge in [0, 0.05) is 65.0 Å². The second-order valence-corrected chi connectivity index (χ2v) is 15.0. The van der Waals surface area contributed by atoms with Crippen molar-refractivity contribution < 1.29 is 4.42 Å². The fourth-order valence-corrected chi connectivity index (χ4v) is 9.13. The van der Waals surface area contributed by atoms with E-state index in [0.717, 1.165) is 72.4 Å². The molecule has 7 aromatic carbocycles. The van der Waals surface area contributed by atoms with Crippen LogP contribution in [0.1, 0.15) is 0 Å². The Balaban J connectivity index is 1.05. The van der Waals surface area contributed by atoms with E-state index in [9.17, 15) is 0 Å². The highest BCUT2D eigenvalue weighted by Crippen LogP contribution is 2.46. The van der Waals surface area contributed by atoms with E-state index in [2.05, 4.69) is 132 Å². The van der Waals surface area contributed by atoms with E-state index in [1.165, 1.54) is 31.3 Å². The van der Waals surface area contributed by atoms with Gasteiger partial charge >= 0.3 is 0 Å². The van der Waals surface area contributed by atoms with Crippen molar-refractivity contribution >= 4 is 53.4 Å². The van der Waals surface area contributed by atoms with Crippen LogP contribution in [0.15, 0.2) is 193 Å². The first-order valence-corrected chi connectivity index (χ1v) is 19.5. The van der Waals surface area contributed by atoms with Gasteiger partial charge in [0.1, 0.15) is 11.2 Å². The number of thiophene rings is 1. The van der Waals surface area contributed by atoms with Crippen molar-refractivity contribution in [1.29, 1.82) is 0 Å². The average Bonchev–Trinajstić information content (AvgIpc) is 3.86.